The molecule has 1 fully saturated rings. The number of nitrogens with one attached hydrogen (secondary N) is 1. The Balaban J connectivity index is 1.75. The summed E-state index contributed by atoms with van der Waals surface area (Å²) in [6.07, 6.45) is 5.57. The molecule has 0 spiro atoms. The summed E-state index contributed by atoms with van der Waals surface area (Å²) in [4.78, 5) is 15.6. The van der Waals surface area contributed by atoms with Crippen LogP contribution < -0.4 is 0 Å². The number of amides is 1. The highest BCUT2D eigenvalue weighted by Gasteiger charge is 2.28. The second-order valence-corrected chi connectivity index (χ2v) is 5.90. The van der Waals surface area contributed by atoms with E-state index in [1.54, 1.807) is 17.5 Å². The second kappa shape index (κ2) is 5.57. The molecule has 2 aromatic heterocycles. The number of H-pyrrole nitrogens is 1. The van der Waals surface area contributed by atoms with Crippen LogP contribution in [-0.2, 0) is 11.2 Å². The molecule has 2 aromatic rings. The molecule has 1 saturated heterocycles. The summed E-state index contributed by atoms with van der Waals surface area (Å²) >= 11 is 1.65. The molecule has 0 bridgehead atoms. The van der Waals surface area contributed by atoms with E-state index in [1.165, 1.54) is 6.42 Å². The van der Waals surface area contributed by atoms with Crippen LogP contribution in [0.25, 0.3) is 0 Å². The number of rotatable bonds is 3. The molecule has 0 radical (unpaired) electrons. The minimum atomic E-state index is 0.170. The van der Waals surface area contributed by atoms with Gasteiger partial charge in [-0.05, 0) is 36.8 Å². The van der Waals surface area contributed by atoms with E-state index in [0.717, 1.165) is 30.0 Å². The molecule has 3 rings (SSSR count). The van der Waals surface area contributed by atoms with Gasteiger partial charge in [-0.15, -0.1) is 11.3 Å². The summed E-state index contributed by atoms with van der Waals surface area (Å²) in [5.74, 6) is 0.224. The van der Waals surface area contributed by atoms with E-state index in [1.807, 2.05) is 28.5 Å². The van der Waals surface area contributed by atoms with Gasteiger partial charge < -0.3 is 4.90 Å². The van der Waals surface area contributed by atoms with Crippen molar-refractivity contribution in [2.24, 2.45) is 0 Å². The number of carbonyl (C=O) groups is 1. The van der Waals surface area contributed by atoms with E-state index in [2.05, 4.69) is 10.2 Å². The Labute approximate surface area is 116 Å². The average molecular weight is 275 g/mol. The summed E-state index contributed by atoms with van der Waals surface area (Å²) in [6.45, 7) is 0.855. The number of nitrogens with zero attached hydrogens (tertiary/aromatic N) is 2. The first kappa shape index (κ1) is 12.4. The fourth-order valence-corrected chi connectivity index (χ4v) is 3.37. The van der Waals surface area contributed by atoms with Gasteiger partial charge in [-0.25, -0.2) is 0 Å². The molecule has 3 heterocycles. The van der Waals surface area contributed by atoms with Gasteiger partial charge >= 0.3 is 0 Å². The molecule has 0 saturated carbocycles. The first-order valence-corrected chi connectivity index (χ1v) is 7.53. The van der Waals surface area contributed by atoms with Crippen LogP contribution in [-0.4, -0.2) is 27.5 Å². The molecule has 100 valence electrons. The van der Waals surface area contributed by atoms with Crippen molar-refractivity contribution in [1.29, 1.82) is 0 Å². The molecule has 1 N–H and O–H groups in total. The van der Waals surface area contributed by atoms with Crippen LogP contribution >= 0.6 is 11.3 Å². The highest BCUT2D eigenvalue weighted by Crippen LogP contribution is 2.30. The molecule has 1 amide bonds. The van der Waals surface area contributed by atoms with Crippen molar-refractivity contribution < 1.29 is 4.79 Å². The highest BCUT2D eigenvalue weighted by molar-refractivity contribution is 7.10. The van der Waals surface area contributed by atoms with Gasteiger partial charge in [0.25, 0.3) is 0 Å². The Morgan fingerprint density at radius 3 is 3.16 bits per heavy atom. The van der Waals surface area contributed by atoms with Crippen molar-refractivity contribution in [2.45, 2.75) is 31.7 Å². The van der Waals surface area contributed by atoms with Gasteiger partial charge in [-0.3, -0.25) is 9.89 Å². The minimum absolute atomic E-state index is 0.170. The van der Waals surface area contributed by atoms with Crippen molar-refractivity contribution in [3.05, 3.63) is 40.3 Å². The third-order valence-electron chi connectivity index (χ3n) is 3.61. The standard InChI is InChI=1S/C14H17N3OS/c18-14(10-11-4-3-9-19-11)17-8-2-1-5-13(17)12-6-7-15-16-12/h3-4,6-7,9,13H,1-2,5,8,10H2,(H,15,16). The van der Waals surface area contributed by atoms with Gasteiger partial charge in [0.1, 0.15) is 0 Å². The first-order chi connectivity index (χ1) is 9.34. The molecule has 0 aromatic carbocycles. The average Bonchev–Trinajstić information content (AvgIpc) is 3.11. The Kier molecular flexibility index (Phi) is 3.64. The zero-order valence-corrected chi connectivity index (χ0v) is 11.5. The van der Waals surface area contributed by atoms with E-state index in [9.17, 15) is 4.79 Å². The molecule has 1 unspecified atom stereocenters. The monoisotopic (exact) mass is 275 g/mol. The topological polar surface area (TPSA) is 49.0 Å². The minimum Gasteiger partial charge on any atom is -0.334 e. The Morgan fingerprint density at radius 2 is 2.42 bits per heavy atom. The SMILES string of the molecule is O=C(Cc1cccs1)N1CCCCC1c1ccn[nH]1. The number of carbonyl (C=O) groups excluding carboxylic acids is 1. The van der Waals surface area contributed by atoms with E-state index >= 15 is 0 Å². The maximum Gasteiger partial charge on any atom is 0.228 e. The summed E-state index contributed by atoms with van der Waals surface area (Å²) < 4.78 is 0. The summed E-state index contributed by atoms with van der Waals surface area (Å²) in [5, 5.41) is 9.03. The lowest BCUT2D eigenvalue weighted by Gasteiger charge is -2.35. The lowest BCUT2D eigenvalue weighted by atomic mass is 9.99. The largest absolute Gasteiger partial charge is 0.334 e. The van der Waals surface area contributed by atoms with Crippen LogP contribution in [0.1, 0.15) is 35.9 Å². The molecular formula is C14H17N3OS. The van der Waals surface area contributed by atoms with Crippen LogP contribution in [0.3, 0.4) is 0 Å². The molecule has 0 aliphatic carbocycles. The van der Waals surface area contributed by atoms with Gasteiger partial charge in [-0.1, -0.05) is 6.07 Å². The van der Waals surface area contributed by atoms with Crippen molar-refractivity contribution in [2.75, 3.05) is 6.54 Å². The highest BCUT2D eigenvalue weighted by atomic mass is 32.1. The summed E-state index contributed by atoms with van der Waals surface area (Å²) in [6, 6.07) is 6.17. The van der Waals surface area contributed by atoms with Crippen LogP contribution in [0.15, 0.2) is 29.8 Å². The Morgan fingerprint density at radius 1 is 1.47 bits per heavy atom. The number of likely N-dealkylation sites (tertiary alicyclic amines) is 1. The number of hydrogen-bond acceptors (Lipinski definition) is 3. The van der Waals surface area contributed by atoms with Crippen LogP contribution in [0, 0.1) is 0 Å². The zero-order chi connectivity index (χ0) is 13.1. The quantitative estimate of drug-likeness (QED) is 0.936. The predicted octanol–water partition coefficient (Wildman–Crippen LogP) is 2.77. The van der Waals surface area contributed by atoms with Gasteiger partial charge in [0.15, 0.2) is 0 Å². The van der Waals surface area contributed by atoms with Crippen molar-refractivity contribution in [1.82, 2.24) is 15.1 Å². The van der Waals surface area contributed by atoms with Gasteiger partial charge in [-0.2, -0.15) is 5.10 Å². The predicted molar refractivity (Wildman–Crippen MR) is 74.9 cm³/mol. The smallest absolute Gasteiger partial charge is 0.228 e. The molecule has 19 heavy (non-hydrogen) atoms. The summed E-state index contributed by atoms with van der Waals surface area (Å²) in [7, 11) is 0. The van der Waals surface area contributed by atoms with Crippen molar-refractivity contribution in [3.63, 3.8) is 0 Å². The van der Waals surface area contributed by atoms with Crippen molar-refractivity contribution in [3.8, 4) is 0 Å². The van der Waals surface area contributed by atoms with Crippen LogP contribution in [0.2, 0.25) is 0 Å². The molecule has 4 nitrogen and oxygen atoms in total. The lowest BCUT2D eigenvalue weighted by molar-refractivity contribution is -0.134. The first-order valence-electron chi connectivity index (χ1n) is 6.66. The third-order valence-corrected chi connectivity index (χ3v) is 4.49. The molecule has 1 atom stereocenters. The van der Waals surface area contributed by atoms with Crippen LogP contribution in [0.5, 0.6) is 0 Å². The fraction of sp³-hybridized carbons (Fsp3) is 0.429. The van der Waals surface area contributed by atoms with E-state index in [-0.39, 0.29) is 11.9 Å². The zero-order valence-electron chi connectivity index (χ0n) is 10.7. The number of aromatic nitrogens is 2. The third kappa shape index (κ3) is 2.71. The van der Waals surface area contributed by atoms with E-state index < -0.39 is 0 Å². The number of piperidine rings is 1. The molecular weight excluding hydrogens is 258 g/mol. The number of thiophene rings is 1. The van der Waals surface area contributed by atoms with E-state index in [0.29, 0.717) is 6.42 Å². The lowest BCUT2D eigenvalue weighted by Crippen LogP contribution is -2.39. The van der Waals surface area contributed by atoms with Gasteiger partial charge in [0.05, 0.1) is 18.2 Å². The maximum atomic E-state index is 12.5. The summed E-state index contributed by atoms with van der Waals surface area (Å²) in [5.41, 5.74) is 1.05. The normalized spacial score (nSPS) is 19.6. The maximum absolute atomic E-state index is 12.5. The number of aromatic amines is 1. The van der Waals surface area contributed by atoms with Crippen molar-refractivity contribution >= 4 is 17.2 Å². The fourth-order valence-electron chi connectivity index (χ4n) is 2.67. The van der Waals surface area contributed by atoms with Gasteiger partial charge in [0, 0.05) is 17.6 Å². The van der Waals surface area contributed by atoms with Crippen LogP contribution in [0.4, 0.5) is 0 Å². The molecule has 1 aliphatic heterocycles. The Bertz CT molecular complexity index is 521. The molecule has 1 aliphatic rings. The molecule has 5 heteroatoms. The van der Waals surface area contributed by atoms with E-state index in [4.69, 9.17) is 0 Å². The Hall–Kier alpha value is -1.62. The van der Waals surface area contributed by atoms with Gasteiger partial charge in [0.2, 0.25) is 5.91 Å². The second-order valence-electron chi connectivity index (χ2n) is 4.87. The number of hydrogen-bond donors (Lipinski definition) is 1.